The molecule has 0 saturated heterocycles. The van der Waals surface area contributed by atoms with Crippen LogP contribution in [-0.4, -0.2) is 21.4 Å². The molecule has 1 amide bonds. The molecule has 0 saturated carbocycles. The van der Waals surface area contributed by atoms with E-state index in [1.54, 1.807) is 32.2 Å². The van der Waals surface area contributed by atoms with E-state index in [1.807, 2.05) is 43.3 Å². The molecule has 0 heterocycles. The number of para-hydroxylation sites is 1. The van der Waals surface area contributed by atoms with Gasteiger partial charge in [0.05, 0.1) is 12.0 Å². The van der Waals surface area contributed by atoms with E-state index in [1.165, 1.54) is 12.1 Å². The molecule has 0 aliphatic carbocycles. The first-order valence-electron chi connectivity index (χ1n) is 9.40. The Hall–Kier alpha value is -3.32. The van der Waals surface area contributed by atoms with Crippen molar-refractivity contribution in [2.75, 3.05) is 11.8 Å². The highest BCUT2D eigenvalue weighted by Gasteiger charge is 2.18. The zero-order valence-corrected chi connectivity index (χ0v) is 17.9. The summed E-state index contributed by atoms with van der Waals surface area (Å²) in [6, 6.07) is 18.9. The first-order valence-corrected chi connectivity index (χ1v) is 10.9. The van der Waals surface area contributed by atoms with Gasteiger partial charge in [0.1, 0.15) is 5.75 Å². The minimum atomic E-state index is -3.83. The summed E-state index contributed by atoms with van der Waals surface area (Å²) in [5, 5.41) is 2.83. The molecule has 0 unspecified atom stereocenters. The van der Waals surface area contributed by atoms with Crippen molar-refractivity contribution in [2.45, 2.75) is 25.3 Å². The molecule has 0 spiro atoms. The molecule has 156 valence electrons. The van der Waals surface area contributed by atoms with Gasteiger partial charge in [-0.25, -0.2) is 8.42 Å². The van der Waals surface area contributed by atoms with Crippen LogP contribution in [0, 0.1) is 13.8 Å². The van der Waals surface area contributed by atoms with Crippen LogP contribution >= 0.6 is 0 Å². The first-order chi connectivity index (χ1) is 14.3. The Morgan fingerprint density at radius 2 is 1.67 bits per heavy atom. The minimum Gasteiger partial charge on any atom is -0.496 e. The lowest BCUT2D eigenvalue weighted by atomic mass is 10.1. The highest BCUT2D eigenvalue weighted by atomic mass is 32.2. The topological polar surface area (TPSA) is 84.5 Å². The van der Waals surface area contributed by atoms with Crippen molar-refractivity contribution in [3.63, 3.8) is 0 Å². The van der Waals surface area contributed by atoms with Crippen LogP contribution in [0.1, 0.15) is 27.0 Å². The van der Waals surface area contributed by atoms with Gasteiger partial charge in [-0.1, -0.05) is 42.0 Å². The van der Waals surface area contributed by atoms with E-state index in [-0.39, 0.29) is 17.3 Å². The number of ether oxygens (including phenoxy) is 1. The molecule has 3 aromatic rings. The average molecular weight is 425 g/mol. The van der Waals surface area contributed by atoms with Crippen LogP contribution in [0.2, 0.25) is 0 Å². The van der Waals surface area contributed by atoms with Crippen molar-refractivity contribution < 1.29 is 17.9 Å². The van der Waals surface area contributed by atoms with Crippen molar-refractivity contribution in [1.29, 1.82) is 0 Å². The number of nitrogens with one attached hydrogen (secondary N) is 2. The molecule has 0 atom stereocenters. The maximum absolute atomic E-state index is 12.8. The van der Waals surface area contributed by atoms with Gasteiger partial charge in [0, 0.05) is 23.4 Å². The fraction of sp³-hybridized carbons (Fsp3) is 0.174. The van der Waals surface area contributed by atoms with Crippen LogP contribution < -0.4 is 14.8 Å². The molecule has 3 aromatic carbocycles. The molecular weight excluding hydrogens is 400 g/mol. The van der Waals surface area contributed by atoms with E-state index in [9.17, 15) is 13.2 Å². The van der Waals surface area contributed by atoms with E-state index in [2.05, 4.69) is 10.0 Å². The standard InChI is InChI=1S/C23H24N2O4S/c1-16-8-11-19(12-9-16)25-30(27,28)20-13-10-17(2)21(14-20)23(26)24-15-18-6-4-5-7-22(18)29-3/h4-14,25H,15H2,1-3H3,(H,24,26). The number of amides is 1. The number of carbonyl (C=O) groups is 1. The Morgan fingerprint density at radius 1 is 0.967 bits per heavy atom. The smallest absolute Gasteiger partial charge is 0.261 e. The number of methoxy groups -OCH3 is 1. The number of sulfonamides is 1. The van der Waals surface area contributed by atoms with Crippen molar-refractivity contribution in [3.05, 3.63) is 89.0 Å². The summed E-state index contributed by atoms with van der Waals surface area (Å²) in [7, 11) is -2.26. The van der Waals surface area contributed by atoms with Gasteiger partial charge in [0.15, 0.2) is 0 Å². The van der Waals surface area contributed by atoms with Gasteiger partial charge in [0.25, 0.3) is 15.9 Å². The molecule has 0 aliphatic heterocycles. The monoisotopic (exact) mass is 424 g/mol. The summed E-state index contributed by atoms with van der Waals surface area (Å²) < 4.78 is 33.4. The highest BCUT2D eigenvalue weighted by Crippen LogP contribution is 2.21. The third-order valence-electron chi connectivity index (χ3n) is 4.70. The number of carbonyl (C=O) groups excluding carboxylic acids is 1. The predicted molar refractivity (Wildman–Crippen MR) is 117 cm³/mol. The summed E-state index contributed by atoms with van der Waals surface area (Å²) in [4.78, 5) is 12.8. The summed E-state index contributed by atoms with van der Waals surface area (Å²) >= 11 is 0. The largest absolute Gasteiger partial charge is 0.496 e. The molecule has 0 aliphatic rings. The molecule has 0 bridgehead atoms. The summed E-state index contributed by atoms with van der Waals surface area (Å²) in [6.07, 6.45) is 0. The maximum Gasteiger partial charge on any atom is 0.261 e. The molecule has 0 fully saturated rings. The van der Waals surface area contributed by atoms with Gasteiger partial charge in [-0.15, -0.1) is 0 Å². The Kier molecular flexibility index (Phi) is 6.42. The molecule has 2 N–H and O–H groups in total. The lowest BCUT2D eigenvalue weighted by Crippen LogP contribution is -2.24. The summed E-state index contributed by atoms with van der Waals surface area (Å²) in [5.41, 5.74) is 3.31. The fourth-order valence-corrected chi connectivity index (χ4v) is 4.05. The minimum absolute atomic E-state index is 0.0242. The SMILES string of the molecule is COc1ccccc1CNC(=O)c1cc(S(=O)(=O)Nc2ccc(C)cc2)ccc1C. The van der Waals surface area contributed by atoms with Crippen LogP contribution in [0.15, 0.2) is 71.6 Å². The summed E-state index contributed by atoms with van der Waals surface area (Å²) in [6.45, 7) is 3.96. The Labute approximate surface area is 177 Å². The van der Waals surface area contributed by atoms with Crippen LogP contribution in [-0.2, 0) is 16.6 Å². The van der Waals surface area contributed by atoms with Crippen LogP contribution in [0.3, 0.4) is 0 Å². The molecule has 3 rings (SSSR count). The average Bonchev–Trinajstić information content (AvgIpc) is 2.74. The van der Waals surface area contributed by atoms with Crippen LogP contribution in [0.25, 0.3) is 0 Å². The normalized spacial score (nSPS) is 11.0. The molecular formula is C23H24N2O4S. The Balaban J connectivity index is 1.80. The predicted octanol–water partition coefficient (Wildman–Crippen LogP) is 4.04. The first kappa shape index (κ1) is 21.4. The second-order valence-corrected chi connectivity index (χ2v) is 8.63. The third kappa shape index (κ3) is 4.99. The maximum atomic E-state index is 12.8. The number of aryl methyl sites for hydroxylation is 2. The van der Waals surface area contributed by atoms with Gasteiger partial charge >= 0.3 is 0 Å². The second-order valence-electron chi connectivity index (χ2n) is 6.94. The highest BCUT2D eigenvalue weighted by molar-refractivity contribution is 7.92. The van der Waals surface area contributed by atoms with Gasteiger partial charge in [0.2, 0.25) is 0 Å². The second kappa shape index (κ2) is 9.00. The van der Waals surface area contributed by atoms with E-state index in [0.29, 0.717) is 22.6 Å². The molecule has 7 heteroatoms. The van der Waals surface area contributed by atoms with Crippen LogP contribution in [0.5, 0.6) is 5.75 Å². The van der Waals surface area contributed by atoms with Gasteiger partial charge in [-0.2, -0.15) is 0 Å². The third-order valence-corrected chi connectivity index (χ3v) is 6.08. The van der Waals surface area contributed by atoms with Gasteiger partial charge in [-0.3, -0.25) is 9.52 Å². The van der Waals surface area contributed by atoms with E-state index < -0.39 is 10.0 Å². The number of hydrogen-bond donors (Lipinski definition) is 2. The number of anilines is 1. The molecule has 0 radical (unpaired) electrons. The lowest BCUT2D eigenvalue weighted by Gasteiger charge is -2.13. The van der Waals surface area contributed by atoms with Crippen molar-refractivity contribution >= 4 is 21.6 Å². The Bertz CT molecular complexity index is 1160. The number of rotatable bonds is 7. The van der Waals surface area contributed by atoms with Gasteiger partial charge in [-0.05, 0) is 49.7 Å². The van der Waals surface area contributed by atoms with Crippen molar-refractivity contribution in [2.24, 2.45) is 0 Å². The van der Waals surface area contributed by atoms with E-state index in [0.717, 1.165) is 11.1 Å². The van der Waals surface area contributed by atoms with Crippen molar-refractivity contribution in [1.82, 2.24) is 5.32 Å². The Morgan fingerprint density at radius 3 is 2.37 bits per heavy atom. The lowest BCUT2D eigenvalue weighted by molar-refractivity contribution is 0.0950. The molecule has 6 nitrogen and oxygen atoms in total. The molecule has 0 aromatic heterocycles. The summed E-state index contributed by atoms with van der Waals surface area (Å²) in [5.74, 6) is 0.318. The van der Waals surface area contributed by atoms with E-state index in [4.69, 9.17) is 4.74 Å². The fourth-order valence-electron chi connectivity index (χ4n) is 2.97. The zero-order chi connectivity index (χ0) is 21.7. The van der Waals surface area contributed by atoms with Crippen molar-refractivity contribution in [3.8, 4) is 5.75 Å². The van der Waals surface area contributed by atoms with Gasteiger partial charge < -0.3 is 10.1 Å². The molecule has 30 heavy (non-hydrogen) atoms. The van der Waals surface area contributed by atoms with E-state index >= 15 is 0 Å². The number of hydrogen-bond acceptors (Lipinski definition) is 4. The zero-order valence-electron chi connectivity index (χ0n) is 17.1. The quantitative estimate of drug-likeness (QED) is 0.599. The van der Waals surface area contributed by atoms with Crippen LogP contribution in [0.4, 0.5) is 5.69 Å². The number of benzene rings is 3.